The minimum Gasteiger partial charge on any atom is -0.333 e. The van der Waals surface area contributed by atoms with Crippen molar-refractivity contribution >= 4 is 21.8 Å². The second-order valence-electron chi connectivity index (χ2n) is 11.2. The summed E-state index contributed by atoms with van der Waals surface area (Å²) in [4.78, 5) is 10.0. The lowest BCUT2D eigenvalue weighted by molar-refractivity contribution is 0.797. The van der Waals surface area contributed by atoms with E-state index in [-0.39, 0.29) is 0 Å². The number of para-hydroxylation sites is 2. The van der Waals surface area contributed by atoms with Gasteiger partial charge in [-0.2, -0.15) is 0 Å². The van der Waals surface area contributed by atoms with E-state index in [0.717, 1.165) is 35.0 Å². The first-order chi connectivity index (χ1) is 19.9. The van der Waals surface area contributed by atoms with E-state index in [1.54, 1.807) is 0 Å². The second-order valence-corrected chi connectivity index (χ2v) is 11.2. The summed E-state index contributed by atoms with van der Waals surface area (Å²) in [6.07, 6.45) is 4.79. The van der Waals surface area contributed by atoms with Gasteiger partial charge in [0.15, 0.2) is 5.82 Å². The van der Waals surface area contributed by atoms with Crippen LogP contribution in [0.3, 0.4) is 0 Å². The van der Waals surface area contributed by atoms with Crippen LogP contribution in [0.1, 0.15) is 33.8 Å². The van der Waals surface area contributed by atoms with Crippen LogP contribution in [0.4, 0.5) is 0 Å². The predicted octanol–water partition coefficient (Wildman–Crippen LogP) is 8.19. The largest absolute Gasteiger partial charge is 0.333 e. The molecule has 0 spiro atoms. The Labute approximate surface area is 240 Å². The second kappa shape index (κ2) is 9.63. The maximum atomic E-state index is 5.23. The summed E-state index contributed by atoms with van der Waals surface area (Å²) in [5.74, 6) is 2.02. The standard InChI is InChI=1S/C36H33N5/c1-23-17-24(2)35(25(3)18-23)40-21-31(37-22-40)28-12-10-11-27(19-28)20-34-38-36(26(4)39(34)5)41-32-15-8-6-13-29(32)30-14-7-9-16-33(30)41/h6-19,21-22H,20H2,1-5H3. The zero-order chi connectivity index (χ0) is 28.2. The number of hydrogen-bond acceptors (Lipinski definition) is 2. The van der Waals surface area contributed by atoms with Gasteiger partial charge in [0.25, 0.3) is 0 Å². The van der Waals surface area contributed by atoms with Gasteiger partial charge in [-0.3, -0.25) is 4.57 Å². The summed E-state index contributed by atoms with van der Waals surface area (Å²) in [5, 5.41) is 2.50. The quantitative estimate of drug-likeness (QED) is 0.223. The third kappa shape index (κ3) is 4.16. The van der Waals surface area contributed by atoms with Gasteiger partial charge in [-0.25, -0.2) is 9.97 Å². The molecule has 3 heterocycles. The Bertz CT molecular complexity index is 2010. The third-order valence-corrected chi connectivity index (χ3v) is 8.30. The van der Waals surface area contributed by atoms with Crippen LogP contribution < -0.4 is 0 Å². The van der Waals surface area contributed by atoms with E-state index in [0.29, 0.717) is 0 Å². The fourth-order valence-corrected chi connectivity index (χ4v) is 6.34. The first kappa shape index (κ1) is 25.1. The molecular formula is C36H33N5. The maximum Gasteiger partial charge on any atom is 0.159 e. The molecule has 3 aromatic heterocycles. The number of nitrogens with zero attached hydrogens (tertiary/aromatic N) is 5. The molecular weight excluding hydrogens is 502 g/mol. The van der Waals surface area contributed by atoms with Gasteiger partial charge in [-0.05, 0) is 62.6 Å². The first-order valence-corrected chi connectivity index (χ1v) is 14.1. The fourth-order valence-electron chi connectivity index (χ4n) is 6.34. The number of aromatic nitrogens is 5. The smallest absolute Gasteiger partial charge is 0.159 e. The molecule has 41 heavy (non-hydrogen) atoms. The van der Waals surface area contributed by atoms with Crippen LogP contribution in [0.5, 0.6) is 0 Å². The molecule has 0 fully saturated rings. The molecule has 7 rings (SSSR count). The molecule has 0 aliphatic rings. The molecule has 5 heteroatoms. The Balaban J connectivity index is 1.24. The topological polar surface area (TPSA) is 40.6 Å². The number of aryl methyl sites for hydroxylation is 3. The first-order valence-electron chi connectivity index (χ1n) is 14.1. The van der Waals surface area contributed by atoms with Crippen molar-refractivity contribution in [3.63, 3.8) is 0 Å². The van der Waals surface area contributed by atoms with Crippen molar-refractivity contribution in [2.24, 2.45) is 7.05 Å². The van der Waals surface area contributed by atoms with E-state index in [4.69, 9.17) is 9.97 Å². The lowest BCUT2D eigenvalue weighted by Gasteiger charge is -2.11. The predicted molar refractivity (Wildman–Crippen MR) is 168 cm³/mol. The van der Waals surface area contributed by atoms with Crippen molar-refractivity contribution < 1.29 is 0 Å². The van der Waals surface area contributed by atoms with Gasteiger partial charge in [0, 0.05) is 36.0 Å². The summed E-state index contributed by atoms with van der Waals surface area (Å²) in [6.45, 7) is 8.63. The normalized spacial score (nSPS) is 11.6. The number of benzene rings is 4. The molecule has 0 saturated heterocycles. The molecule has 0 atom stereocenters. The number of rotatable bonds is 5. The average molecular weight is 536 g/mol. The maximum absolute atomic E-state index is 5.23. The highest BCUT2D eigenvalue weighted by Gasteiger charge is 2.19. The van der Waals surface area contributed by atoms with Gasteiger partial charge >= 0.3 is 0 Å². The lowest BCUT2D eigenvalue weighted by Crippen LogP contribution is -2.01. The van der Waals surface area contributed by atoms with Crippen molar-refractivity contribution in [1.29, 1.82) is 0 Å². The molecule has 0 aliphatic heterocycles. The zero-order valence-electron chi connectivity index (χ0n) is 24.2. The molecule has 0 radical (unpaired) electrons. The van der Waals surface area contributed by atoms with Crippen molar-refractivity contribution in [3.8, 4) is 22.8 Å². The Hall–Kier alpha value is -4.90. The minimum absolute atomic E-state index is 0.735. The number of imidazole rings is 2. The molecule has 0 saturated carbocycles. The van der Waals surface area contributed by atoms with E-state index in [2.05, 4.69) is 140 Å². The Morgan fingerprint density at radius 3 is 2.07 bits per heavy atom. The zero-order valence-corrected chi connectivity index (χ0v) is 24.2. The van der Waals surface area contributed by atoms with Crippen LogP contribution in [0.2, 0.25) is 0 Å². The van der Waals surface area contributed by atoms with E-state index in [9.17, 15) is 0 Å². The highest BCUT2D eigenvalue weighted by molar-refractivity contribution is 6.09. The summed E-state index contributed by atoms with van der Waals surface area (Å²) in [7, 11) is 2.12. The summed E-state index contributed by atoms with van der Waals surface area (Å²) < 4.78 is 6.68. The molecule has 0 bridgehead atoms. The van der Waals surface area contributed by atoms with Gasteiger partial charge in [0.05, 0.1) is 34.4 Å². The van der Waals surface area contributed by atoms with Crippen LogP contribution in [0.25, 0.3) is 44.6 Å². The minimum atomic E-state index is 0.735. The van der Waals surface area contributed by atoms with E-state index in [1.165, 1.54) is 49.7 Å². The SMILES string of the molecule is Cc1cc(C)c(-n2cnc(-c3cccc(Cc4nc(-n5c6ccccc6c6ccccc65)c(C)n4C)c3)c2)c(C)c1. The molecule has 4 aromatic carbocycles. The molecule has 0 amide bonds. The summed E-state index contributed by atoms with van der Waals surface area (Å²) in [5.41, 5.74) is 11.8. The Morgan fingerprint density at radius 1 is 0.732 bits per heavy atom. The Morgan fingerprint density at radius 2 is 1.39 bits per heavy atom. The van der Waals surface area contributed by atoms with Crippen molar-refractivity contribution in [2.75, 3.05) is 0 Å². The van der Waals surface area contributed by atoms with Crippen LogP contribution in [0.15, 0.2) is 97.5 Å². The molecule has 0 aliphatic carbocycles. The van der Waals surface area contributed by atoms with Crippen molar-refractivity contribution in [3.05, 3.63) is 131 Å². The summed E-state index contributed by atoms with van der Waals surface area (Å²) >= 11 is 0. The van der Waals surface area contributed by atoms with Gasteiger partial charge < -0.3 is 9.13 Å². The van der Waals surface area contributed by atoms with Crippen LogP contribution in [0, 0.1) is 27.7 Å². The van der Waals surface area contributed by atoms with Crippen LogP contribution >= 0.6 is 0 Å². The van der Waals surface area contributed by atoms with Crippen molar-refractivity contribution in [1.82, 2.24) is 23.7 Å². The van der Waals surface area contributed by atoms with Crippen LogP contribution in [-0.2, 0) is 13.5 Å². The lowest BCUT2D eigenvalue weighted by atomic mass is 10.0. The molecule has 0 N–H and O–H groups in total. The van der Waals surface area contributed by atoms with Crippen LogP contribution in [-0.4, -0.2) is 23.7 Å². The monoisotopic (exact) mass is 535 g/mol. The van der Waals surface area contributed by atoms with Crippen molar-refractivity contribution in [2.45, 2.75) is 34.1 Å². The van der Waals surface area contributed by atoms with Gasteiger partial charge in [-0.1, -0.05) is 72.3 Å². The fraction of sp³-hybridized carbons (Fsp3) is 0.167. The molecule has 202 valence electrons. The van der Waals surface area contributed by atoms with E-state index in [1.807, 2.05) is 6.33 Å². The molecule has 5 nitrogen and oxygen atoms in total. The highest BCUT2D eigenvalue weighted by atomic mass is 15.2. The average Bonchev–Trinajstić information content (AvgIpc) is 3.64. The van der Waals surface area contributed by atoms with E-state index >= 15 is 0 Å². The van der Waals surface area contributed by atoms with E-state index < -0.39 is 0 Å². The Kier molecular flexibility index (Phi) is 5.89. The highest BCUT2D eigenvalue weighted by Crippen LogP contribution is 2.33. The molecule has 0 unspecified atom stereocenters. The number of fused-ring (bicyclic) bond motifs is 3. The van der Waals surface area contributed by atoms with Gasteiger partial charge in [0.2, 0.25) is 0 Å². The summed E-state index contributed by atoms with van der Waals surface area (Å²) in [6, 6.07) is 30.3. The molecule has 7 aromatic rings. The third-order valence-electron chi connectivity index (χ3n) is 8.30. The van der Waals surface area contributed by atoms with Gasteiger partial charge in [0.1, 0.15) is 5.82 Å². The number of hydrogen-bond donors (Lipinski definition) is 0. The van der Waals surface area contributed by atoms with Gasteiger partial charge in [-0.15, -0.1) is 0 Å².